The van der Waals surface area contributed by atoms with Gasteiger partial charge in [-0.3, -0.25) is 4.79 Å². The molecule has 0 aliphatic rings. The lowest BCUT2D eigenvalue weighted by molar-refractivity contribution is -0.129. The van der Waals surface area contributed by atoms with E-state index in [2.05, 4.69) is 20.8 Å². The molecule has 1 aromatic rings. The number of anilines is 1. The quantitative estimate of drug-likeness (QED) is 0.273. The molecule has 24 heavy (non-hydrogen) atoms. The van der Waals surface area contributed by atoms with E-state index in [9.17, 15) is 14.4 Å². The molecule has 10 nitrogen and oxygen atoms in total. The first kappa shape index (κ1) is 19.4. The highest BCUT2D eigenvalue weighted by molar-refractivity contribution is 7.14. The van der Waals surface area contributed by atoms with E-state index in [4.69, 9.17) is 14.7 Å². The minimum absolute atomic E-state index is 0.0527. The third-order valence-electron chi connectivity index (χ3n) is 2.15. The van der Waals surface area contributed by atoms with Crippen LogP contribution in [-0.4, -0.2) is 53.0 Å². The van der Waals surface area contributed by atoms with E-state index in [1.165, 1.54) is 5.38 Å². The van der Waals surface area contributed by atoms with Crippen LogP contribution in [0.2, 0.25) is 0 Å². The summed E-state index contributed by atoms with van der Waals surface area (Å²) in [5.41, 5.74) is -0.975. The molecule has 132 valence electrons. The summed E-state index contributed by atoms with van der Waals surface area (Å²) in [7, 11) is 0. The van der Waals surface area contributed by atoms with E-state index in [1.54, 1.807) is 20.8 Å². The van der Waals surface area contributed by atoms with E-state index in [1.807, 2.05) is 0 Å². The van der Waals surface area contributed by atoms with Crippen molar-refractivity contribution in [1.29, 1.82) is 0 Å². The highest BCUT2D eigenvalue weighted by atomic mass is 32.1. The van der Waals surface area contributed by atoms with Gasteiger partial charge in [-0.2, -0.15) is 0 Å². The largest absolute Gasteiger partial charge is 0.476 e. The van der Waals surface area contributed by atoms with E-state index in [0.717, 1.165) is 11.3 Å². The Balaban J connectivity index is 2.51. The van der Waals surface area contributed by atoms with Crippen molar-refractivity contribution in [3.05, 3.63) is 11.1 Å². The summed E-state index contributed by atoms with van der Waals surface area (Å²) >= 11 is 1.05. The zero-order chi connectivity index (χ0) is 18.2. The van der Waals surface area contributed by atoms with E-state index >= 15 is 0 Å². The van der Waals surface area contributed by atoms with Crippen molar-refractivity contribution in [2.75, 3.05) is 18.5 Å². The molecule has 2 amide bonds. The van der Waals surface area contributed by atoms with E-state index in [-0.39, 0.29) is 24.0 Å². The van der Waals surface area contributed by atoms with E-state index in [0.29, 0.717) is 6.41 Å². The van der Waals surface area contributed by atoms with Crippen LogP contribution in [0.25, 0.3) is 0 Å². The van der Waals surface area contributed by atoms with Gasteiger partial charge in [-0.15, -0.1) is 11.3 Å². The molecule has 1 aromatic heterocycles. The summed E-state index contributed by atoms with van der Waals surface area (Å²) in [5.74, 6) is -1.34. The van der Waals surface area contributed by atoms with Crippen molar-refractivity contribution in [1.82, 2.24) is 10.3 Å². The van der Waals surface area contributed by atoms with Crippen LogP contribution in [-0.2, 0) is 19.2 Å². The molecule has 1 rings (SSSR count). The van der Waals surface area contributed by atoms with E-state index < -0.39 is 23.4 Å². The van der Waals surface area contributed by atoms with Gasteiger partial charge >= 0.3 is 12.1 Å². The molecule has 0 aliphatic heterocycles. The molecule has 0 saturated carbocycles. The third-order valence-corrected chi connectivity index (χ3v) is 2.92. The Morgan fingerprint density at radius 3 is 2.75 bits per heavy atom. The minimum Gasteiger partial charge on any atom is -0.476 e. The number of thiazole rings is 1. The SMILES string of the molecule is CC(C)(C)OC(=O)NCCO/N=C(/C(=O)O)c1csc(NC=O)n1. The molecule has 0 aliphatic carbocycles. The molecule has 0 radical (unpaired) electrons. The molecule has 0 atom stereocenters. The van der Waals surface area contributed by atoms with Crippen molar-refractivity contribution in [3.63, 3.8) is 0 Å². The fourth-order valence-electron chi connectivity index (χ4n) is 1.32. The lowest BCUT2D eigenvalue weighted by Crippen LogP contribution is -2.34. The van der Waals surface area contributed by atoms with Gasteiger partial charge in [0.1, 0.15) is 17.9 Å². The Kier molecular flexibility index (Phi) is 7.11. The maximum atomic E-state index is 11.4. The Morgan fingerprint density at radius 2 is 2.17 bits per heavy atom. The number of rotatable bonds is 8. The molecule has 0 fully saturated rings. The number of alkyl carbamates (subject to hydrolysis) is 1. The van der Waals surface area contributed by atoms with Gasteiger partial charge in [0.25, 0.3) is 0 Å². The van der Waals surface area contributed by atoms with Crippen molar-refractivity contribution in [2.45, 2.75) is 26.4 Å². The van der Waals surface area contributed by atoms with Crippen LogP contribution in [0.4, 0.5) is 9.93 Å². The number of carbonyl (C=O) groups excluding carboxylic acids is 2. The number of carboxylic acids is 1. The van der Waals surface area contributed by atoms with Gasteiger partial charge in [-0.1, -0.05) is 5.16 Å². The zero-order valence-corrected chi connectivity index (χ0v) is 14.2. The van der Waals surface area contributed by atoms with Gasteiger partial charge in [-0.05, 0) is 20.8 Å². The molecular formula is C13H18N4O6S. The standard InChI is InChI=1S/C13H18N4O6S/c1-13(2,3)23-12(21)14-4-5-22-17-9(10(19)20)8-6-24-11(16-8)15-7-18/h6-7H,4-5H2,1-3H3,(H,14,21)(H,19,20)(H,15,16,18)/b17-9+. The Hall–Kier alpha value is -2.69. The second-order valence-electron chi connectivity index (χ2n) is 5.31. The average Bonchev–Trinajstić information content (AvgIpc) is 2.89. The topological polar surface area (TPSA) is 139 Å². The second kappa shape index (κ2) is 8.82. The first-order valence-electron chi connectivity index (χ1n) is 6.79. The predicted molar refractivity (Wildman–Crippen MR) is 86.2 cm³/mol. The van der Waals surface area contributed by atoms with Crippen molar-refractivity contribution >= 4 is 40.7 Å². The molecule has 0 saturated heterocycles. The first-order valence-corrected chi connectivity index (χ1v) is 7.67. The highest BCUT2D eigenvalue weighted by Crippen LogP contribution is 2.15. The summed E-state index contributed by atoms with van der Waals surface area (Å²) in [5, 5.41) is 19.0. The van der Waals surface area contributed by atoms with Gasteiger partial charge in [0, 0.05) is 5.38 Å². The van der Waals surface area contributed by atoms with Crippen LogP contribution in [0.3, 0.4) is 0 Å². The lowest BCUT2D eigenvalue weighted by atomic mass is 10.2. The summed E-state index contributed by atoms with van der Waals surface area (Å²) in [6.45, 7) is 5.22. The van der Waals surface area contributed by atoms with Crippen LogP contribution in [0.15, 0.2) is 10.5 Å². The van der Waals surface area contributed by atoms with Gasteiger partial charge in [-0.25, -0.2) is 14.6 Å². The van der Waals surface area contributed by atoms with Crippen LogP contribution in [0, 0.1) is 0 Å². The minimum atomic E-state index is -1.34. The van der Waals surface area contributed by atoms with Crippen LogP contribution < -0.4 is 10.6 Å². The fourth-order valence-corrected chi connectivity index (χ4v) is 1.97. The Labute approximate surface area is 141 Å². The van der Waals surface area contributed by atoms with Gasteiger partial charge in [0.05, 0.1) is 6.54 Å². The summed E-state index contributed by atoms with van der Waals surface area (Å²) in [6, 6.07) is 0. The van der Waals surface area contributed by atoms with Crippen LogP contribution >= 0.6 is 11.3 Å². The molecule has 11 heteroatoms. The van der Waals surface area contributed by atoms with Gasteiger partial charge in [0.15, 0.2) is 5.13 Å². The monoisotopic (exact) mass is 358 g/mol. The van der Waals surface area contributed by atoms with Gasteiger partial charge in [0.2, 0.25) is 12.1 Å². The number of hydrogen-bond acceptors (Lipinski definition) is 8. The first-order chi connectivity index (χ1) is 11.2. The maximum absolute atomic E-state index is 11.4. The molecule has 0 bridgehead atoms. The van der Waals surface area contributed by atoms with Crippen LogP contribution in [0.1, 0.15) is 26.5 Å². The predicted octanol–water partition coefficient (Wildman–Crippen LogP) is 1.04. The lowest BCUT2D eigenvalue weighted by Gasteiger charge is -2.19. The fraction of sp³-hybridized carbons (Fsp3) is 0.462. The van der Waals surface area contributed by atoms with Crippen LogP contribution in [0.5, 0.6) is 0 Å². The summed E-state index contributed by atoms with van der Waals surface area (Å²) in [6.07, 6.45) is -0.184. The number of carboxylic acid groups (broad SMARTS) is 1. The number of nitrogens with zero attached hydrogens (tertiary/aromatic N) is 2. The molecule has 1 heterocycles. The zero-order valence-electron chi connectivity index (χ0n) is 13.4. The second-order valence-corrected chi connectivity index (χ2v) is 6.17. The third kappa shape index (κ3) is 7.05. The summed E-state index contributed by atoms with van der Waals surface area (Å²) in [4.78, 5) is 41.6. The highest BCUT2D eigenvalue weighted by Gasteiger charge is 2.18. The summed E-state index contributed by atoms with van der Waals surface area (Å²) < 4.78 is 5.02. The number of ether oxygens (including phenoxy) is 1. The number of aromatic nitrogens is 1. The van der Waals surface area contributed by atoms with Crippen molar-refractivity contribution in [3.8, 4) is 0 Å². The molecule has 0 unspecified atom stereocenters. The molecule has 3 N–H and O–H groups in total. The average molecular weight is 358 g/mol. The smallest absolute Gasteiger partial charge is 0.407 e. The molecule has 0 aromatic carbocycles. The molecular weight excluding hydrogens is 340 g/mol. The number of oxime groups is 1. The Bertz CT molecular complexity index is 622. The van der Waals surface area contributed by atoms with Gasteiger partial charge < -0.3 is 25.3 Å². The normalized spacial score (nSPS) is 11.5. The number of aliphatic carboxylic acids is 1. The number of nitrogens with one attached hydrogen (secondary N) is 2. The number of hydrogen-bond donors (Lipinski definition) is 3. The maximum Gasteiger partial charge on any atom is 0.407 e. The van der Waals surface area contributed by atoms with Crippen molar-refractivity contribution < 1.29 is 29.1 Å². The number of carbonyl (C=O) groups is 3. The Morgan fingerprint density at radius 1 is 1.46 bits per heavy atom. The molecule has 0 spiro atoms. The number of amides is 2. The van der Waals surface area contributed by atoms with Crippen molar-refractivity contribution in [2.24, 2.45) is 5.16 Å².